The van der Waals surface area contributed by atoms with Gasteiger partial charge in [0.05, 0.1) is 15.6 Å². The summed E-state index contributed by atoms with van der Waals surface area (Å²) in [6.45, 7) is 0.0358. The van der Waals surface area contributed by atoms with Crippen LogP contribution in [0.5, 0.6) is 5.75 Å². The van der Waals surface area contributed by atoms with Crippen molar-refractivity contribution in [2.24, 2.45) is 0 Å². The highest BCUT2D eigenvalue weighted by Crippen LogP contribution is 2.32. The van der Waals surface area contributed by atoms with Crippen molar-refractivity contribution in [3.63, 3.8) is 0 Å². The molecular formula is C29H21ClN2O4S. The van der Waals surface area contributed by atoms with Gasteiger partial charge in [0.15, 0.2) is 0 Å². The van der Waals surface area contributed by atoms with E-state index in [0.29, 0.717) is 23.1 Å². The number of carbonyl (C=O) groups is 3. The number of benzene rings is 4. The van der Waals surface area contributed by atoms with E-state index in [1.807, 2.05) is 42.5 Å². The maximum Gasteiger partial charge on any atom is 0.294 e. The van der Waals surface area contributed by atoms with Crippen molar-refractivity contribution in [2.45, 2.75) is 6.61 Å². The lowest BCUT2D eigenvalue weighted by molar-refractivity contribution is -0.127. The van der Waals surface area contributed by atoms with Crippen LogP contribution in [0.25, 0.3) is 16.8 Å². The van der Waals surface area contributed by atoms with Crippen molar-refractivity contribution < 1.29 is 19.1 Å². The Morgan fingerprint density at radius 3 is 2.43 bits per heavy atom. The summed E-state index contributed by atoms with van der Waals surface area (Å²) >= 11 is 6.86. The van der Waals surface area contributed by atoms with Gasteiger partial charge in [-0.05, 0) is 70.1 Å². The third-order valence-electron chi connectivity index (χ3n) is 5.72. The lowest BCUT2D eigenvalue weighted by Gasteiger charge is -2.13. The minimum Gasteiger partial charge on any atom is -0.489 e. The second-order valence-corrected chi connectivity index (χ2v) is 9.74. The third kappa shape index (κ3) is 5.85. The topological polar surface area (TPSA) is 75.7 Å². The maximum absolute atomic E-state index is 12.8. The number of para-hydroxylation sites is 1. The molecular weight excluding hydrogens is 508 g/mol. The Morgan fingerprint density at radius 1 is 0.919 bits per heavy atom. The van der Waals surface area contributed by atoms with Gasteiger partial charge in [-0.25, -0.2) is 0 Å². The summed E-state index contributed by atoms with van der Waals surface area (Å²) in [7, 11) is 0. The van der Waals surface area contributed by atoms with Gasteiger partial charge in [0.2, 0.25) is 5.91 Å². The first-order chi connectivity index (χ1) is 18.0. The molecule has 37 heavy (non-hydrogen) atoms. The first kappa shape index (κ1) is 24.6. The SMILES string of the molecule is O=C(CN1C(=O)S/C(=C/c2ccc(OCc3ccc4ccccc4c3)cc2)C1=O)Nc1ccccc1Cl. The summed E-state index contributed by atoms with van der Waals surface area (Å²) in [5, 5.41) is 4.84. The number of amides is 3. The largest absolute Gasteiger partial charge is 0.489 e. The molecule has 1 aliphatic heterocycles. The van der Waals surface area contributed by atoms with Crippen LogP contribution < -0.4 is 10.1 Å². The number of hydrogen-bond donors (Lipinski definition) is 1. The van der Waals surface area contributed by atoms with Crippen molar-refractivity contribution in [1.29, 1.82) is 0 Å². The second kappa shape index (κ2) is 10.9. The van der Waals surface area contributed by atoms with Crippen molar-refractivity contribution in [2.75, 3.05) is 11.9 Å². The minimum atomic E-state index is -0.513. The lowest BCUT2D eigenvalue weighted by atomic mass is 10.1. The number of carbonyl (C=O) groups excluding carboxylic acids is 3. The van der Waals surface area contributed by atoms with Crippen LogP contribution in [0, 0.1) is 0 Å². The summed E-state index contributed by atoms with van der Waals surface area (Å²) in [6.07, 6.45) is 1.63. The van der Waals surface area contributed by atoms with Gasteiger partial charge in [-0.1, -0.05) is 72.3 Å². The molecule has 0 spiro atoms. The van der Waals surface area contributed by atoms with E-state index in [1.165, 1.54) is 5.39 Å². The van der Waals surface area contributed by atoms with Crippen molar-refractivity contribution in [3.8, 4) is 5.75 Å². The summed E-state index contributed by atoms with van der Waals surface area (Å²) in [6, 6.07) is 28.4. The fourth-order valence-corrected chi connectivity index (χ4v) is 4.86. The molecule has 5 rings (SSSR count). The van der Waals surface area contributed by atoms with Crippen LogP contribution in [-0.4, -0.2) is 28.5 Å². The summed E-state index contributed by atoms with van der Waals surface area (Å²) in [5.74, 6) is -0.333. The predicted molar refractivity (Wildman–Crippen MR) is 147 cm³/mol. The van der Waals surface area contributed by atoms with Gasteiger partial charge in [0, 0.05) is 0 Å². The molecule has 4 aromatic carbocycles. The van der Waals surface area contributed by atoms with Crippen LogP contribution in [0.4, 0.5) is 10.5 Å². The normalized spacial score (nSPS) is 14.4. The van der Waals surface area contributed by atoms with E-state index >= 15 is 0 Å². The van der Waals surface area contributed by atoms with Gasteiger partial charge < -0.3 is 10.1 Å². The van der Waals surface area contributed by atoms with Gasteiger partial charge in [0.1, 0.15) is 18.9 Å². The number of ether oxygens (including phenoxy) is 1. The van der Waals surface area contributed by atoms with E-state index < -0.39 is 23.6 Å². The molecule has 4 aromatic rings. The number of imide groups is 1. The molecule has 6 nitrogen and oxygen atoms in total. The fourth-order valence-electron chi connectivity index (χ4n) is 3.84. The Kier molecular flexibility index (Phi) is 7.25. The molecule has 0 aliphatic carbocycles. The smallest absolute Gasteiger partial charge is 0.294 e. The number of rotatable bonds is 7. The molecule has 1 N–H and O–H groups in total. The zero-order chi connectivity index (χ0) is 25.8. The Hall–Kier alpha value is -4.07. The number of nitrogens with one attached hydrogen (secondary N) is 1. The van der Waals surface area contributed by atoms with Gasteiger partial charge in [-0.2, -0.15) is 0 Å². The fraction of sp³-hybridized carbons (Fsp3) is 0.0690. The average Bonchev–Trinajstić information content (AvgIpc) is 3.16. The van der Waals surface area contributed by atoms with E-state index in [2.05, 4.69) is 29.6 Å². The molecule has 0 atom stereocenters. The molecule has 0 unspecified atom stereocenters. The van der Waals surface area contributed by atoms with E-state index in [-0.39, 0.29) is 4.91 Å². The molecule has 8 heteroatoms. The summed E-state index contributed by atoms with van der Waals surface area (Å²) < 4.78 is 5.91. The van der Waals surface area contributed by atoms with Crippen LogP contribution in [0.1, 0.15) is 11.1 Å². The molecule has 0 saturated carbocycles. The second-order valence-electron chi connectivity index (χ2n) is 8.34. The van der Waals surface area contributed by atoms with Crippen LogP contribution in [0.2, 0.25) is 5.02 Å². The van der Waals surface area contributed by atoms with Gasteiger partial charge in [0.25, 0.3) is 11.1 Å². The van der Waals surface area contributed by atoms with Gasteiger partial charge >= 0.3 is 0 Å². The Bertz CT molecular complexity index is 1530. The van der Waals surface area contributed by atoms with Crippen LogP contribution in [-0.2, 0) is 16.2 Å². The zero-order valence-corrected chi connectivity index (χ0v) is 21.1. The highest BCUT2D eigenvalue weighted by atomic mass is 35.5. The number of anilines is 1. The molecule has 1 fully saturated rings. The average molecular weight is 529 g/mol. The highest BCUT2D eigenvalue weighted by Gasteiger charge is 2.36. The number of thioether (sulfide) groups is 1. The monoisotopic (exact) mass is 528 g/mol. The van der Waals surface area contributed by atoms with E-state index in [0.717, 1.165) is 33.2 Å². The molecule has 0 aromatic heterocycles. The number of hydrogen-bond acceptors (Lipinski definition) is 5. The van der Waals surface area contributed by atoms with E-state index in [9.17, 15) is 14.4 Å². The van der Waals surface area contributed by atoms with Gasteiger partial charge in [-0.3, -0.25) is 19.3 Å². The summed E-state index contributed by atoms with van der Waals surface area (Å²) in [5.41, 5.74) is 2.22. The van der Waals surface area contributed by atoms with Crippen molar-refractivity contribution in [3.05, 3.63) is 112 Å². The van der Waals surface area contributed by atoms with E-state index in [1.54, 1.807) is 30.3 Å². The summed E-state index contributed by atoms with van der Waals surface area (Å²) in [4.78, 5) is 38.7. The predicted octanol–water partition coefficient (Wildman–Crippen LogP) is 6.75. The van der Waals surface area contributed by atoms with Gasteiger partial charge in [-0.15, -0.1) is 0 Å². The maximum atomic E-state index is 12.8. The standard InChI is InChI=1S/C29H21ClN2O4S/c30-24-7-3-4-8-25(24)31-27(33)17-32-28(34)26(37-29(32)35)16-19-10-13-23(14-11-19)36-18-20-9-12-21-5-1-2-6-22(21)15-20/h1-16H,17-18H2,(H,31,33)/b26-16+. The number of fused-ring (bicyclic) bond motifs is 1. The Labute approximate surface area is 222 Å². The number of nitrogens with zero attached hydrogens (tertiary/aromatic N) is 1. The lowest BCUT2D eigenvalue weighted by Crippen LogP contribution is -2.36. The third-order valence-corrected chi connectivity index (χ3v) is 6.96. The number of halogens is 1. The molecule has 184 valence electrons. The first-order valence-electron chi connectivity index (χ1n) is 11.5. The first-order valence-corrected chi connectivity index (χ1v) is 12.7. The van der Waals surface area contributed by atoms with E-state index in [4.69, 9.17) is 16.3 Å². The highest BCUT2D eigenvalue weighted by molar-refractivity contribution is 8.18. The van der Waals surface area contributed by atoms with Crippen LogP contribution in [0.15, 0.2) is 95.9 Å². The zero-order valence-electron chi connectivity index (χ0n) is 19.5. The molecule has 0 bridgehead atoms. The molecule has 1 heterocycles. The molecule has 3 amide bonds. The molecule has 1 aliphatic rings. The Morgan fingerprint density at radius 2 is 1.65 bits per heavy atom. The quantitative estimate of drug-likeness (QED) is 0.269. The van der Waals surface area contributed by atoms with Crippen molar-refractivity contribution >= 4 is 63.0 Å². The molecule has 0 radical (unpaired) electrons. The van der Waals surface area contributed by atoms with Crippen molar-refractivity contribution in [1.82, 2.24) is 4.90 Å². The Balaban J connectivity index is 1.19. The molecule has 1 saturated heterocycles. The van der Waals surface area contributed by atoms with Crippen LogP contribution in [0.3, 0.4) is 0 Å². The van der Waals surface area contributed by atoms with Crippen LogP contribution >= 0.6 is 23.4 Å². The minimum absolute atomic E-state index is 0.250.